The fraction of sp³-hybridized carbons (Fsp3) is 0.667. The van der Waals surface area contributed by atoms with Gasteiger partial charge in [0.05, 0.1) is 5.03 Å². The molecule has 0 amide bonds. The number of halogens is 1. The molecular weight excluding hydrogens is 172 g/mol. The highest BCUT2D eigenvalue weighted by Crippen LogP contribution is 2.53. The number of rotatable bonds is 3. The van der Waals surface area contributed by atoms with Crippen molar-refractivity contribution in [3.63, 3.8) is 0 Å². The van der Waals surface area contributed by atoms with Crippen LogP contribution < -0.4 is 5.73 Å². The molecule has 2 nitrogen and oxygen atoms in total. The first kappa shape index (κ1) is 9.59. The van der Waals surface area contributed by atoms with Crippen molar-refractivity contribution < 1.29 is 0 Å². The third-order valence-corrected chi connectivity index (χ3v) is 2.90. The van der Waals surface area contributed by atoms with E-state index in [1.54, 1.807) is 13.3 Å². The zero-order chi connectivity index (χ0) is 9.19. The van der Waals surface area contributed by atoms with Gasteiger partial charge in [0.1, 0.15) is 0 Å². The largest absolute Gasteiger partial charge is 0.400 e. The highest BCUT2D eigenvalue weighted by Gasteiger charge is 2.44. The normalized spacial score (nSPS) is 22.6. The predicted molar refractivity (Wildman–Crippen MR) is 53.4 cm³/mol. The monoisotopic (exact) mass is 186 g/mol. The highest BCUT2D eigenvalue weighted by atomic mass is 35.5. The van der Waals surface area contributed by atoms with E-state index in [1.807, 2.05) is 0 Å². The molecule has 1 saturated carbocycles. The Morgan fingerprint density at radius 1 is 1.67 bits per heavy atom. The topological polar surface area (TPSA) is 38.4 Å². The lowest BCUT2D eigenvalue weighted by atomic mass is 9.99. The minimum Gasteiger partial charge on any atom is -0.400 e. The fourth-order valence-corrected chi connectivity index (χ4v) is 1.70. The van der Waals surface area contributed by atoms with Crippen LogP contribution in [0.2, 0.25) is 0 Å². The standard InChI is InChI=1S/C9H15ClN2/c1-3-9(4-5-9)8(11)7(10)6-12-2/h6H,3-5,11H2,1-2H3/b8-7+,12-6?. The average molecular weight is 187 g/mol. The van der Waals surface area contributed by atoms with Crippen LogP contribution in [-0.2, 0) is 0 Å². The molecule has 68 valence electrons. The molecule has 0 radical (unpaired) electrons. The second-order valence-corrected chi connectivity index (χ2v) is 3.69. The summed E-state index contributed by atoms with van der Waals surface area (Å²) in [6, 6.07) is 0. The van der Waals surface area contributed by atoms with E-state index in [4.69, 9.17) is 17.3 Å². The molecule has 0 aliphatic heterocycles. The van der Waals surface area contributed by atoms with Gasteiger partial charge in [-0.25, -0.2) is 0 Å². The Balaban J connectivity index is 2.80. The summed E-state index contributed by atoms with van der Waals surface area (Å²) >= 11 is 5.94. The Morgan fingerprint density at radius 3 is 2.58 bits per heavy atom. The molecule has 0 spiro atoms. The van der Waals surface area contributed by atoms with Crippen LogP contribution in [0.3, 0.4) is 0 Å². The summed E-state index contributed by atoms with van der Waals surface area (Å²) in [5.74, 6) is 0. The molecule has 1 fully saturated rings. The van der Waals surface area contributed by atoms with Gasteiger partial charge in [0.15, 0.2) is 0 Å². The van der Waals surface area contributed by atoms with Crippen molar-refractivity contribution in [2.75, 3.05) is 7.05 Å². The van der Waals surface area contributed by atoms with E-state index in [0.717, 1.165) is 12.1 Å². The van der Waals surface area contributed by atoms with Gasteiger partial charge in [0.25, 0.3) is 0 Å². The fourth-order valence-electron chi connectivity index (χ4n) is 1.40. The van der Waals surface area contributed by atoms with Crippen molar-refractivity contribution in [3.05, 3.63) is 10.7 Å². The lowest BCUT2D eigenvalue weighted by molar-refractivity contribution is 0.576. The minimum absolute atomic E-state index is 0.207. The van der Waals surface area contributed by atoms with Crippen LogP contribution in [0.25, 0.3) is 0 Å². The van der Waals surface area contributed by atoms with Crippen molar-refractivity contribution in [3.8, 4) is 0 Å². The number of hydrogen-bond acceptors (Lipinski definition) is 2. The first-order chi connectivity index (χ1) is 5.66. The number of aliphatic imine (C=N–C) groups is 1. The molecule has 3 heteroatoms. The first-order valence-electron chi connectivity index (χ1n) is 4.24. The summed E-state index contributed by atoms with van der Waals surface area (Å²) in [6.07, 6.45) is 5.03. The van der Waals surface area contributed by atoms with Gasteiger partial charge in [-0.2, -0.15) is 0 Å². The Hall–Kier alpha value is -0.500. The Kier molecular flexibility index (Phi) is 2.78. The van der Waals surface area contributed by atoms with E-state index in [0.29, 0.717) is 5.03 Å². The SMILES string of the molecule is CCC1(/C(N)=C(\Cl)C=NC)CC1. The van der Waals surface area contributed by atoms with Crippen LogP contribution in [0.1, 0.15) is 26.2 Å². The predicted octanol–water partition coefficient (Wildman–Crippen LogP) is 2.29. The lowest BCUT2D eigenvalue weighted by Gasteiger charge is -2.13. The van der Waals surface area contributed by atoms with E-state index < -0.39 is 0 Å². The quantitative estimate of drug-likeness (QED) is 0.675. The number of allylic oxidation sites excluding steroid dienone is 2. The van der Waals surface area contributed by atoms with Gasteiger partial charge < -0.3 is 5.73 Å². The maximum absolute atomic E-state index is 5.94. The molecular formula is C9H15ClN2. The van der Waals surface area contributed by atoms with E-state index >= 15 is 0 Å². The molecule has 2 N–H and O–H groups in total. The van der Waals surface area contributed by atoms with Crippen molar-refractivity contribution in [2.24, 2.45) is 16.1 Å². The molecule has 0 aromatic carbocycles. The van der Waals surface area contributed by atoms with Crippen molar-refractivity contribution in [1.82, 2.24) is 0 Å². The molecule has 1 rings (SSSR count). The summed E-state index contributed by atoms with van der Waals surface area (Å²) in [4.78, 5) is 3.84. The third-order valence-electron chi connectivity index (χ3n) is 2.60. The number of nitrogens with zero attached hydrogens (tertiary/aromatic N) is 1. The van der Waals surface area contributed by atoms with Gasteiger partial charge in [-0.15, -0.1) is 0 Å². The molecule has 0 unspecified atom stereocenters. The van der Waals surface area contributed by atoms with E-state index in [9.17, 15) is 0 Å². The smallest absolute Gasteiger partial charge is 0.0776 e. The third kappa shape index (κ3) is 1.63. The van der Waals surface area contributed by atoms with Crippen LogP contribution >= 0.6 is 11.6 Å². The summed E-state index contributed by atoms with van der Waals surface area (Å²) < 4.78 is 0. The van der Waals surface area contributed by atoms with Crippen molar-refractivity contribution in [2.45, 2.75) is 26.2 Å². The molecule has 0 aromatic rings. The summed E-state index contributed by atoms with van der Waals surface area (Å²) in [6.45, 7) is 2.15. The maximum Gasteiger partial charge on any atom is 0.0776 e. The van der Waals surface area contributed by atoms with Crippen LogP contribution in [0.5, 0.6) is 0 Å². The minimum atomic E-state index is 0.207. The van der Waals surface area contributed by atoms with Gasteiger partial charge in [-0.3, -0.25) is 4.99 Å². The van der Waals surface area contributed by atoms with E-state index in [2.05, 4.69) is 11.9 Å². The van der Waals surface area contributed by atoms with Gasteiger partial charge in [-0.1, -0.05) is 18.5 Å². The molecule has 12 heavy (non-hydrogen) atoms. The van der Waals surface area contributed by atoms with Gasteiger partial charge in [0.2, 0.25) is 0 Å². The molecule has 0 atom stereocenters. The Morgan fingerprint density at radius 2 is 2.25 bits per heavy atom. The van der Waals surface area contributed by atoms with Gasteiger partial charge >= 0.3 is 0 Å². The van der Waals surface area contributed by atoms with Crippen LogP contribution in [0.4, 0.5) is 0 Å². The van der Waals surface area contributed by atoms with Crippen molar-refractivity contribution >= 4 is 17.8 Å². The molecule has 0 bridgehead atoms. The zero-order valence-electron chi connectivity index (χ0n) is 7.60. The summed E-state index contributed by atoms with van der Waals surface area (Å²) in [7, 11) is 1.70. The Bertz CT molecular complexity index is 227. The first-order valence-corrected chi connectivity index (χ1v) is 4.62. The van der Waals surface area contributed by atoms with E-state index in [-0.39, 0.29) is 5.41 Å². The molecule has 0 saturated heterocycles. The Labute approximate surface area is 78.5 Å². The lowest BCUT2D eigenvalue weighted by Crippen LogP contribution is -2.14. The van der Waals surface area contributed by atoms with Crippen LogP contribution in [0.15, 0.2) is 15.7 Å². The summed E-state index contributed by atoms with van der Waals surface area (Å²) in [5, 5.41) is 0.608. The number of nitrogens with two attached hydrogens (primary N) is 1. The van der Waals surface area contributed by atoms with Crippen LogP contribution in [-0.4, -0.2) is 13.3 Å². The average Bonchev–Trinajstić information content (AvgIpc) is 2.84. The van der Waals surface area contributed by atoms with Crippen molar-refractivity contribution in [1.29, 1.82) is 0 Å². The molecule has 1 aliphatic rings. The molecule has 1 aliphatic carbocycles. The molecule has 0 aromatic heterocycles. The maximum atomic E-state index is 5.94. The second kappa shape index (κ2) is 3.48. The van der Waals surface area contributed by atoms with Gasteiger partial charge in [-0.05, 0) is 19.3 Å². The molecule has 0 heterocycles. The van der Waals surface area contributed by atoms with Gasteiger partial charge in [0, 0.05) is 24.4 Å². The van der Waals surface area contributed by atoms with Crippen LogP contribution in [0, 0.1) is 5.41 Å². The van der Waals surface area contributed by atoms with E-state index in [1.165, 1.54) is 12.8 Å². The summed E-state index contributed by atoms with van der Waals surface area (Å²) in [5.41, 5.74) is 6.93. The highest BCUT2D eigenvalue weighted by molar-refractivity contribution is 6.39. The second-order valence-electron chi connectivity index (χ2n) is 3.28. The zero-order valence-corrected chi connectivity index (χ0v) is 8.36. The number of hydrogen-bond donors (Lipinski definition) is 1.